The number of amides is 3. The molecule has 1 aliphatic rings. The SMILES string of the molecule is CN(C)C(=O)c1ccc(CNC(=O)[C@H]2CC(=O)N(C)C2(C)C)o1. The highest BCUT2D eigenvalue weighted by Gasteiger charge is 2.47. The Kier molecular flexibility index (Phi) is 4.49. The van der Waals surface area contributed by atoms with Crippen LogP contribution in [-0.4, -0.2) is 54.2 Å². The van der Waals surface area contributed by atoms with E-state index >= 15 is 0 Å². The topological polar surface area (TPSA) is 82.9 Å². The number of likely N-dealkylation sites (tertiary alicyclic amines) is 1. The Bertz CT molecular complexity index is 633. The number of furan rings is 1. The van der Waals surface area contributed by atoms with Gasteiger partial charge in [-0.25, -0.2) is 0 Å². The van der Waals surface area contributed by atoms with Gasteiger partial charge < -0.3 is 19.5 Å². The largest absolute Gasteiger partial charge is 0.454 e. The Labute approximate surface area is 135 Å². The van der Waals surface area contributed by atoms with Gasteiger partial charge in [0.15, 0.2) is 5.76 Å². The fraction of sp³-hybridized carbons (Fsp3) is 0.562. The van der Waals surface area contributed by atoms with Crippen molar-refractivity contribution in [2.75, 3.05) is 21.1 Å². The molecule has 1 N–H and O–H groups in total. The predicted octanol–water partition coefficient (Wildman–Crippen LogP) is 0.855. The minimum absolute atomic E-state index is 0.0352. The molecule has 1 aromatic heterocycles. The molecule has 126 valence electrons. The number of rotatable bonds is 4. The fourth-order valence-corrected chi connectivity index (χ4v) is 2.64. The van der Waals surface area contributed by atoms with Crippen LogP contribution in [0.4, 0.5) is 0 Å². The summed E-state index contributed by atoms with van der Waals surface area (Å²) in [6.07, 6.45) is 0.206. The van der Waals surface area contributed by atoms with Gasteiger partial charge in [-0.1, -0.05) is 0 Å². The quantitative estimate of drug-likeness (QED) is 0.891. The normalized spacial score (nSPS) is 19.8. The summed E-state index contributed by atoms with van der Waals surface area (Å²) in [7, 11) is 4.99. The van der Waals surface area contributed by atoms with E-state index in [0.29, 0.717) is 5.76 Å². The summed E-state index contributed by atoms with van der Waals surface area (Å²) in [6, 6.07) is 3.24. The van der Waals surface area contributed by atoms with E-state index in [-0.39, 0.29) is 36.4 Å². The summed E-state index contributed by atoms with van der Waals surface area (Å²) in [4.78, 5) is 39.0. The summed E-state index contributed by atoms with van der Waals surface area (Å²) in [5.74, 6) is -0.129. The van der Waals surface area contributed by atoms with E-state index in [2.05, 4.69) is 5.32 Å². The van der Waals surface area contributed by atoms with Gasteiger partial charge in [0, 0.05) is 33.1 Å². The summed E-state index contributed by atoms with van der Waals surface area (Å²) in [5.41, 5.74) is -0.517. The van der Waals surface area contributed by atoms with E-state index in [1.807, 2.05) is 13.8 Å². The van der Waals surface area contributed by atoms with Crippen molar-refractivity contribution in [3.05, 3.63) is 23.7 Å². The van der Waals surface area contributed by atoms with Crippen molar-refractivity contribution in [2.24, 2.45) is 5.92 Å². The minimum atomic E-state index is -0.517. The lowest BCUT2D eigenvalue weighted by Crippen LogP contribution is -2.46. The van der Waals surface area contributed by atoms with Crippen LogP contribution in [0, 0.1) is 5.92 Å². The van der Waals surface area contributed by atoms with Gasteiger partial charge in [0.05, 0.1) is 12.5 Å². The van der Waals surface area contributed by atoms with E-state index in [1.165, 1.54) is 4.90 Å². The van der Waals surface area contributed by atoms with Crippen LogP contribution in [0.1, 0.15) is 36.6 Å². The van der Waals surface area contributed by atoms with Crippen LogP contribution in [0.5, 0.6) is 0 Å². The van der Waals surface area contributed by atoms with E-state index in [4.69, 9.17) is 4.42 Å². The average molecular weight is 321 g/mol. The molecule has 1 aliphatic heterocycles. The first-order chi connectivity index (χ1) is 10.6. The summed E-state index contributed by atoms with van der Waals surface area (Å²) < 4.78 is 5.43. The summed E-state index contributed by atoms with van der Waals surface area (Å²) in [6.45, 7) is 3.94. The standard InChI is InChI=1S/C16H23N3O4/c1-16(2)11(8-13(20)19(16)5)14(21)17-9-10-6-7-12(23-10)15(22)18(3)4/h6-7,11H,8-9H2,1-5H3,(H,17,21)/t11-/m1/s1. The minimum Gasteiger partial charge on any atom is -0.454 e. The molecule has 7 heteroatoms. The number of carbonyl (C=O) groups excluding carboxylic acids is 3. The zero-order valence-corrected chi connectivity index (χ0v) is 14.2. The molecular weight excluding hydrogens is 298 g/mol. The Morgan fingerprint density at radius 1 is 1.39 bits per heavy atom. The zero-order valence-electron chi connectivity index (χ0n) is 14.2. The molecule has 2 rings (SSSR count). The number of hydrogen-bond donors (Lipinski definition) is 1. The van der Waals surface area contributed by atoms with Crippen LogP contribution in [-0.2, 0) is 16.1 Å². The molecule has 0 aliphatic carbocycles. The number of carbonyl (C=O) groups is 3. The highest BCUT2D eigenvalue weighted by Crippen LogP contribution is 2.34. The molecule has 0 spiro atoms. The second-order valence-corrected chi connectivity index (χ2v) is 6.55. The monoisotopic (exact) mass is 321 g/mol. The molecule has 0 unspecified atom stereocenters. The molecule has 0 radical (unpaired) electrons. The molecule has 0 saturated carbocycles. The van der Waals surface area contributed by atoms with Gasteiger partial charge in [-0.15, -0.1) is 0 Å². The lowest BCUT2D eigenvalue weighted by Gasteiger charge is -2.32. The van der Waals surface area contributed by atoms with Crippen molar-refractivity contribution in [1.29, 1.82) is 0 Å². The number of nitrogens with one attached hydrogen (secondary N) is 1. The Morgan fingerprint density at radius 2 is 2.04 bits per heavy atom. The first kappa shape index (κ1) is 17.1. The zero-order chi connectivity index (χ0) is 17.4. The van der Waals surface area contributed by atoms with Gasteiger partial charge in [-0.05, 0) is 26.0 Å². The second kappa shape index (κ2) is 6.06. The highest BCUT2D eigenvalue weighted by atomic mass is 16.4. The Morgan fingerprint density at radius 3 is 2.57 bits per heavy atom. The van der Waals surface area contributed by atoms with Gasteiger partial charge in [-0.3, -0.25) is 14.4 Å². The molecule has 7 nitrogen and oxygen atoms in total. The van der Waals surface area contributed by atoms with Crippen LogP contribution in [0.25, 0.3) is 0 Å². The molecule has 1 fully saturated rings. The average Bonchev–Trinajstić information content (AvgIpc) is 3.03. The van der Waals surface area contributed by atoms with E-state index in [0.717, 1.165) is 0 Å². The third kappa shape index (κ3) is 3.23. The Balaban J connectivity index is 1.98. The van der Waals surface area contributed by atoms with Crippen molar-refractivity contribution in [1.82, 2.24) is 15.1 Å². The molecule has 2 heterocycles. The summed E-state index contributed by atoms with van der Waals surface area (Å²) >= 11 is 0. The van der Waals surface area contributed by atoms with E-state index in [9.17, 15) is 14.4 Å². The predicted molar refractivity (Wildman–Crippen MR) is 83.5 cm³/mol. The number of nitrogens with zero attached hydrogens (tertiary/aromatic N) is 2. The molecule has 1 aromatic rings. The second-order valence-electron chi connectivity index (χ2n) is 6.55. The molecule has 23 heavy (non-hydrogen) atoms. The fourth-order valence-electron chi connectivity index (χ4n) is 2.64. The van der Waals surface area contributed by atoms with Crippen LogP contribution in [0.2, 0.25) is 0 Å². The van der Waals surface area contributed by atoms with Gasteiger partial charge in [0.1, 0.15) is 5.76 Å². The third-order valence-electron chi connectivity index (χ3n) is 4.50. The molecular formula is C16H23N3O4. The molecule has 0 aromatic carbocycles. The maximum atomic E-state index is 12.4. The first-order valence-corrected chi connectivity index (χ1v) is 7.49. The van der Waals surface area contributed by atoms with Crippen LogP contribution in [0.15, 0.2) is 16.5 Å². The van der Waals surface area contributed by atoms with Crippen molar-refractivity contribution in [2.45, 2.75) is 32.4 Å². The van der Waals surface area contributed by atoms with Gasteiger partial charge in [0.25, 0.3) is 5.91 Å². The van der Waals surface area contributed by atoms with E-state index < -0.39 is 11.5 Å². The molecule has 1 saturated heterocycles. The smallest absolute Gasteiger partial charge is 0.289 e. The highest BCUT2D eigenvalue weighted by molar-refractivity contribution is 5.91. The molecule has 3 amide bonds. The van der Waals surface area contributed by atoms with Gasteiger partial charge >= 0.3 is 0 Å². The van der Waals surface area contributed by atoms with E-state index in [1.54, 1.807) is 38.2 Å². The van der Waals surface area contributed by atoms with Crippen molar-refractivity contribution < 1.29 is 18.8 Å². The van der Waals surface area contributed by atoms with Gasteiger partial charge in [-0.2, -0.15) is 0 Å². The number of hydrogen-bond acceptors (Lipinski definition) is 4. The Hall–Kier alpha value is -2.31. The lowest BCUT2D eigenvalue weighted by molar-refractivity contribution is -0.128. The van der Waals surface area contributed by atoms with Crippen molar-refractivity contribution >= 4 is 17.7 Å². The maximum Gasteiger partial charge on any atom is 0.289 e. The molecule has 1 atom stereocenters. The van der Waals surface area contributed by atoms with Crippen LogP contribution >= 0.6 is 0 Å². The van der Waals surface area contributed by atoms with Crippen LogP contribution in [0.3, 0.4) is 0 Å². The van der Waals surface area contributed by atoms with Crippen molar-refractivity contribution in [3.63, 3.8) is 0 Å². The summed E-state index contributed by atoms with van der Waals surface area (Å²) in [5, 5.41) is 2.78. The molecule has 0 bridgehead atoms. The lowest BCUT2D eigenvalue weighted by atomic mass is 9.88. The van der Waals surface area contributed by atoms with Crippen molar-refractivity contribution in [3.8, 4) is 0 Å². The third-order valence-corrected chi connectivity index (χ3v) is 4.50. The van der Waals surface area contributed by atoms with Crippen LogP contribution < -0.4 is 5.32 Å². The van der Waals surface area contributed by atoms with Gasteiger partial charge in [0.2, 0.25) is 11.8 Å². The first-order valence-electron chi connectivity index (χ1n) is 7.49. The maximum absolute atomic E-state index is 12.4.